The number of hydrogen-bond acceptors (Lipinski definition) is 4. The number of piperidine rings is 1. The second-order valence-corrected chi connectivity index (χ2v) is 7.17. The molecular formula is C13H30N4O2S. The molecule has 20 heavy (non-hydrogen) atoms. The third kappa shape index (κ3) is 5.65. The minimum Gasteiger partial charge on any atom is -0.330 e. The fraction of sp³-hybridized carbons (Fsp3) is 1.00. The van der Waals surface area contributed by atoms with Crippen molar-refractivity contribution in [3.63, 3.8) is 0 Å². The fourth-order valence-electron chi connectivity index (χ4n) is 2.55. The number of nitrogens with two attached hydrogens (primary N) is 1. The lowest BCUT2D eigenvalue weighted by atomic mass is 9.99. The topological polar surface area (TPSA) is 78.7 Å². The van der Waals surface area contributed by atoms with Crippen molar-refractivity contribution < 1.29 is 8.42 Å². The Labute approximate surface area is 123 Å². The van der Waals surface area contributed by atoms with Gasteiger partial charge in [-0.2, -0.15) is 12.7 Å². The van der Waals surface area contributed by atoms with Crippen LogP contribution < -0.4 is 10.5 Å². The molecule has 0 saturated carbocycles. The van der Waals surface area contributed by atoms with Gasteiger partial charge in [-0.05, 0) is 44.8 Å². The van der Waals surface area contributed by atoms with Crippen molar-refractivity contribution in [1.29, 1.82) is 0 Å². The largest absolute Gasteiger partial charge is 0.330 e. The molecule has 1 aliphatic rings. The Bertz CT molecular complexity index is 353. The van der Waals surface area contributed by atoms with Gasteiger partial charge in [0.15, 0.2) is 0 Å². The first kappa shape index (κ1) is 17.8. The molecule has 1 heterocycles. The predicted octanol–water partition coefficient (Wildman–Crippen LogP) is 0.223. The van der Waals surface area contributed by atoms with Gasteiger partial charge in [-0.1, -0.05) is 13.8 Å². The summed E-state index contributed by atoms with van der Waals surface area (Å²) in [6.45, 7) is 9.28. The lowest BCUT2D eigenvalue weighted by molar-refractivity contribution is 0.271. The van der Waals surface area contributed by atoms with E-state index in [4.69, 9.17) is 5.73 Å². The second kappa shape index (κ2) is 8.94. The van der Waals surface area contributed by atoms with E-state index in [-0.39, 0.29) is 0 Å². The fourth-order valence-corrected chi connectivity index (χ4v) is 3.78. The summed E-state index contributed by atoms with van der Waals surface area (Å²) in [7, 11) is -3.32. The SMILES string of the molecule is CCCN(CC)CCNS(=O)(=O)N1CCC(CN)CC1. The van der Waals surface area contributed by atoms with E-state index >= 15 is 0 Å². The molecule has 0 amide bonds. The second-order valence-electron chi connectivity index (χ2n) is 5.41. The van der Waals surface area contributed by atoms with Gasteiger partial charge in [0, 0.05) is 26.2 Å². The monoisotopic (exact) mass is 306 g/mol. The van der Waals surface area contributed by atoms with Gasteiger partial charge in [-0.25, -0.2) is 4.72 Å². The molecule has 3 N–H and O–H groups in total. The van der Waals surface area contributed by atoms with Crippen molar-refractivity contribution in [2.24, 2.45) is 11.7 Å². The van der Waals surface area contributed by atoms with Crippen molar-refractivity contribution in [2.45, 2.75) is 33.1 Å². The molecule has 0 spiro atoms. The van der Waals surface area contributed by atoms with Gasteiger partial charge in [-0.15, -0.1) is 0 Å². The summed E-state index contributed by atoms with van der Waals surface area (Å²) in [5.74, 6) is 0.474. The summed E-state index contributed by atoms with van der Waals surface area (Å²) in [5, 5.41) is 0. The molecule has 0 radical (unpaired) electrons. The van der Waals surface area contributed by atoms with Crippen molar-refractivity contribution in [1.82, 2.24) is 13.9 Å². The summed E-state index contributed by atoms with van der Waals surface area (Å²) in [6.07, 6.45) is 2.83. The van der Waals surface area contributed by atoms with Crippen LogP contribution in [0.15, 0.2) is 0 Å². The van der Waals surface area contributed by atoms with Gasteiger partial charge in [-0.3, -0.25) is 0 Å². The minimum atomic E-state index is -3.32. The Balaban J connectivity index is 2.34. The molecule has 1 fully saturated rings. The van der Waals surface area contributed by atoms with Crippen molar-refractivity contribution in [3.8, 4) is 0 Å². The first-order valence-corrected chi connectivity index (χ1v) is 9.14. The predicted molar refractivity (Wildman–Crippen MR) is 82.7 cm³/mol. The molecule has 0 unspecified atom stereocenters. The van der Waals surface area contributed by atoms with Crippen LogP contribution in [0.5, 0.6) is 0 Å². The first-order chi connectivity index (χ1) is 9.53. The summed E-state index contributed by atoms with van der Waals surface area (Å²) in [5.41, 5.74) is 5.63. The summed E-state index contributed by atoms with van der Waals surface area (Å²) in [6, 6.07) is 0. The molecule has 1 rings (SSSR count). The highest BCUT2D eigenvalue weighted by Crippen LogP contribution is 2.17. The Kier molecular flexibility index (Phi) is 7.98. The van der Waals surface area contributed by atoms with Gasteiger partial charge in [0.1, 0.15) is 0 Å². The maximum Gasteiger partial charge on any atom is 0.279 e. The maximum atomic E-state index is 12.2. The molecule has 120 valence electrons. The average molecular weight is 306 g/mol. The zero-order valence-electron chi connectivity index (χ0n) is 12.8. The maximum absolute atomic E-state index is 12.2. The Morgan fingerprint density at radius 3 is 2.40 bits per heavy atom. The van der Waals surface area contributed by atoms with E-state index in [1.807, 2.05) is 0 Å². The zero-order chi connectivity index (χ0) is 15.0. The van der Waals surface area contributed by atoms with Gasteiger partial charge in [0.25, 0.3) is 10.2 Å². The van der Waals surface area contributed by atoms with Crippen LogP contribution in [-0.4, -0.2) is 63.4 Å². The standard InChI is InChI=1S/C13H30N4O2S/c1-3-8-16(4-2)11-7-15-20(18,19)17-9-5-13(12-14)6-10-17/h13,15H,3-12,14H2,1-2H3. The van der Waals surface area contributed by atoms with Crippen LogP contribution in [0.2, 0.25) is 0 Å². The molecule has 0 aromatic heterocycles. The number of nitrogens with one attached hydrogen (secondary N) is 1. The smallest absolute Gasteiger partial charge is 0.279 e. The van der Waals surface area contributed by atoms with Gasteiger partial charge in [0.05, 0.1) is 0 Å². The van der Waals surface area contributed by atoms with Gasteiger partial charge in [0.2, 0.25) is 0 Å². The summed E-state index contributed by atoms with van der Waals surface area (Å²) in [4.78, 5) is 2.25. The van der Waals surface area contributed by atoms with Crippen LogP contribution in [0.4, 0.5) is 0 Å². The number of nitrogens with zero attached hydrogens (tertiary/aromatic N) is 2. The third-order valence-corrected chi connectivity index (χ3v) is 5.56. The van der Waals surface area contributed by atoms with E-state index in [1.54, 1.807) is 4.31 Å². The molecule has 6 nitrogen and oxygen atoms in total. The van der Waals surface area contributed by atoms with E-state index < -0.39 is 10.2 Å². The molecule has 1 aliphatic heterocycles. The number of hydrogen-bond donors (Lipinski definition) is 2. The molecule has 0 atom stereocenters. The average Bonchev–Trinajstić information content (AvgIpc) is 2.46. The number of likely N-dealkylation sites (N-methyl/N-ethyl adjacent to an activating group) is 1. The first-order valence-electron chi connectivity index (χ1n) is 7.70. The van der Waals surface area contributed by atoms with Gasteiger partial charge >= 0.3 is 0 Å². The third-order valence-electron chi connectivity index (χ3n) is 3.95. The summed E-state index contributed by atoms with van der Waals surface area (Å²) >= 11 is 0. The van der Waals surface area contributed by atoms with Crippen LogP contribution in [0, 0.1) is 5.92 Å². The highest BCUT2D eigenvalue weighted by molar-refractivity contribution is 7.87. The minimum absolute atomic E-state index is 0.474. The molecular weight excluding hydrogens is 276 g/mol. The summed E-state index contributed by atoms with van der Waals surface area (Å²) < 4.78 is 28.6. The highest BCUT2D eigenvalue weighted by Gasteiger charge is 2.26. The highest BCUT2D eigenvalue weighted by atomic mass is 32.2. The van der Waals surface area contributed by atoms with Gasteiger partial charge < -0.3 is 10.6 Å². The van der Waals surface area contributed by atoms with E-state index in [2.05, 4.69) is 23.5 Å². The van der Waals surface area contributed by atoms with Crippen LogP contribution in [-0.2, 0) is 10.2 Å². The van der Waals surface area contributed by atoms with Crippen LogP contribution in [0.1, 0.15) is 33.1 Å². The van der Waals surface area contributed by atoms with E-state index in [0.29, 0.717) is 32.1 Å². The normalized spacial score (nSPS) is 18.8. The van der Waals surface area contributed by atoms with E-state index in [1.165, 1.54) is 0 Å². The Morgan fingerprint density at radius 1 is 1.25 bits per heavy atom. The van der Waals surface area contributed by atoms with Crippen LogP contribution in [0.25, 0.3) is 0 Å². The molecule has 0 aromatic rings. The Morgan fingerprint density at radius 2 is 1.90 bits per heavy atom. The molecule has 1 saturated heterocycles. The van der Waals surface area contributed by atoms with E-state index in [9.17, 15) is 8.42 Å². The molecule has 7 heteroatoms. The van der Waals surface area contributed by atoms with Crippen molar-refractivity contribution in [3.05, 3.63) is 0 Å². The van der Waals surface area contributed by atoms with Crippen molar-refractivity contribution >= 4 is 10.2 Å². The zero-order valence-corrected chi connectivity index (χ0v) is 13.7. The van der Waals surface area contributed by atoms with Crippen LogP contribution in [0.3, 0.4) is 0 Å². The lowest BCUT2D eigenvalue weighted by Crippen LogP contribution is -2.47. The lowest BCUT2D eigenvalue weighted by Gasteiger charge is -2.30. The van der Waals surface area contributed by atoms with Crippen molar-refractivity contribution in [2.75, 3.05) is 45.8 Å². The molecule has 0 aromatic carbocycles. The number of rotatable bonds is 9. The molecule has 0 bridgehead atoms. The molecule has 0 aliphatic carbocycles. The quantitative estimate of drug-likeness (QED) is 0.639. The Hall–Kier alpha value is -0.210. The van der Waals surface area contributed by atoms with Crippen LogP contribution >= 0.6 is 0 Å². The van der Waals surface area contributed by atoms with E-state index in [0.717, 1.165) is 38.9 Å².